The second kappa shape index (κ2) is 6.54. The van der Waals surface area contributed by atoms with Gasteiger partial charge in [0.2, 0.25) is 5.91 Å². The van der Waals surface area contributed by atoms with Crippen molar-refractivity contribution < 1.29 is 9.53 Å². The number of nitrogens with one attached hydrogen (secondary N) is 1. The van der Waals surface area contributed by atoms with E-state index >= 15 is 0 Å². The highest BCUT2D eigenvalue weighted by Gasteiger charge is 2.41. The minimum absolute atomic E-state index is 0.00599. The summed E-state index contributed by atoms with van der Waals surface area (Å²) in [6.45, 7) is 10.8. The number of amides is 1. The maximum Gasteiger partial charge on any atom is 0.234 e. The third-order valence-corrected chi connectivity index (χ3v) is 6.01. The molecule has 2 atom stereocenters. The van der Waals surface area contributed by atoms with Crippen LogP contribution in [0.2, 0.25) is 0 Å². The Labute approximate surface area is 143 Å². The van der Waals surface area contributed by atoms with Crippen LogP contribution < -0.4 is 5.32 Å². The molecule has 1 amide bonds. The molecule has 2 aliphatic rings. The molecule has 2 aliphatic heterocycles. The van der Waals surface area contributed by atoms with Crippen LogP contribution in [-0.2, 0) is 9.53 Å². The lowest BCUT2D eigenvalue weighted by Crippen LogP contribution is -2.42. The summed E-state index contributed by atoms with van der Waals surface area (Å²) >= 11 is 1.71. The number of likely N-dealkylation sites (tertiary alicyclic amines) is 1. The van der Waals surface area contributed by atoms with Crippen LogP contribution >= 0.6 is 11.3 Å². The van der Waals surface area contributed by atoms with Crippen molar-refractivity contribution in [1.29, 1.82) is 0 Å². The monoisotopic (exact) mass is 336 g/mol. The summed E-state index contributed by atoms with van der Waals surface area (Å²) in [5.41, 5.74) is 0.323. The van der Waals surface area contributed by atoms with Gasteiger partial charge in [-0.15, -0.1) is 11.3 Å². The molecule has 2 saturated heterocycles. The Balaban J connectivity index is 1.58. The first kappa shape index (κ1) is 16.9. The van der Waals surface area contributed by atoms with Gasteiger partial charge in [0.05, 0.1) is 19.2 Å². The van der Waals surface area contributed by atoms with E-state index in [2.05, 4.69) is 48.5 Å². The van der Waals surface area contributed by atoms with Crippen LogP contribution in [0.3, 0.4) is 0 Å². The van der Waals surface area contributed by atoms with E-state index in [0.717, 1.165) is 39.1 Å². The third kappa shape index (κ3) is 3.95. The molecular formula is C18H28N2O2S. The fraction of sp³-hybridized carbons (Fsp3) is 0.722. The first-order valence-electron chi connectivity index (χ1n) is 8.51. The molecule has 1 aromatic heterocycles. The van der Waals surface area contributed by atoms with Crippen molar-refractivity contribution in [2.24, 2.45) is 10.8 Å². The number of ether oxygens (including phenoxy) is 1. The smallest absolute Gasteiger partial charge is 0.234 e. The van der Waals surface area contributed by atoms with Crippen molar-refractivity contribution in [1.82, 2.24) is 10.2 Å². The zero-order chi connectivity index (χ0) is 16.5. The molecule has 1 spiro atoms. The molecule has 128 valence electrons. The van der Waals surface area contributed by atoms with E-state index in [1.54, 1.807) is 11.3 Å². The van der Waals surface area contributed by atoms with Crippen LogP contribution in [0.25, 0.3) is 0 Å². The fourth-order valence-corrected chi connectivity index (χ4v) is 4.73. The van der Waals surface area contributed by atoms with Gasteiger partial charge in [0, 0.05) is 23.4 Å². The van der Waals surface area contributed by atoms with Crippen molar-refractivity contribution in [2.75, 3.05) is 32.8 Å². The van der Waals surface area contributed by atoms with Crippen LogP contribution in [0.5, 0.6) is 0 Å². The van der Waals surface area contributed by atoms with E-state index < -0.39 is 0 Å². The zero-order valence-corrected chi connectivity index (χ0v) is 15.2. The first-order chi connectivity index (χ1) is 10.9. The first-order valence-corrected chi connectivity index (χ1v) is 9.39. The van der Waals surface area contributed by atoms with Gasteiger partial charge in [0.15, 0.2) is 0 Å². The summed E-state index contributed by atoms with van der Waals surface area (Å²) in [4.78, 5) is 16.1. The minimum atomic E-state index is 0.00599. The summed E-state index contributed by atoms with van der Waals surface area (Å²) in [7, 11) is 0. The maximum absolute atomic E-state index is 12.6. The summed E-state index contributed by atoms with van der Waals surface area (Å²) in [6.07, 6.45) is 2.30. The molecule has 0 saturated carbocycles. The predicted molar refractivity (Wildman–Crippen MR) is 93.6 cm³/mol. The predicted octanol–water partition coefficient (Wildman–Crippen LogP) is 3.06. The van der Waals surface area contributed by atoms with Gasteiger partial charge in [0.25, 0.3) is 0 Å². The van der Waals surface area contributed by atoms with Crippen LogP contribution in [-0.4, -0.2) is 43.7 Å². The third-order valence-electron chi connectivity index (χ3n) is 5.07. The Kier molecular flexibility index (Phi) is 4.81. The molecule has 0 unspecified atom stereocenters. The molecule has 23 heavy (non-hydrogen) atoms. The molecule has 3 rings (SSSR count). The zero-order valence-electron chi connectivity index (χ0n) is 14.4. The largest absolute Gasteiger partial charge is 0.381 e. The Bertz CT molecular complexity index is 530. The van der Waals surface area contributed by atoms with Gasteiger partial charge in [0.1, 0.15) is 0 Å². The van der Waals surface area contributed by atoms with Crippen LogP contribution in [0.15, 0.2) is 17.5 Å². The molecule has 4 nitrogen and oxygen atoms in total. The highest BCUT2D eigenvalue weighted by Crippen LogP contribution is 2.38. The molecule has 1 aromatic rings. The fourth-order valence-electron chi connectivity index (χ4n) is 3.71. The van der Waals surface area contributed by atoms with E-state index in [4.69, 9.17) is 4.74 Å². The Morgan fingerprint density at radius 3 is 2.91 bits per heavy atom. The van der Waals surface area contributed by atoms with Crippen molar-refractivity contribution in [3.63, 3.8) is 0 Å². The summed E-state index contributed by atoms with van der Waals surface area (Å²) < 4.78 is 5.57. The number of rotatable bonds is 4. The van der Waals surface area contributed by atoms with E-state index in [0.29, 0.717) is 12.0 Å². The summed E-state index contributed by atoms with van der Waals surface area (Å²) in [5.74, 6) is 0.134. The van der Waals surface area contributed by atoms with Crippen molar-refractivity contribution in [3.05, 3.63) is 22.4 Å². The van der Waals surface area contributed by atoms with Crippen LogP contribution in [0.1, 0.15) is 44.5 Å². The molecule has 0 radical (unpaired) electrons. The number of hydrogen-bond donors (Lipinski definition) is 1. The molecule has 0 aliphatic carbocycles. The van der Waals surface area contributed by atoms with Crippen molar-refractivity contribution >= 4 is 17.2 Å². The standard InChI is InChI=1S/C18H28N2O2S/c1-17(2,3)16(14-5-4-10-23-14)19-15(21)11-20-8-6-18(12-20)7-9-22-13-18/h4-5,10,16H,6-9,11-13H2,1-3H3,(H,19,21)/t16-,18+/m0/s1. The highest BCUT2D eigenvalue weighted by atomic mass is 32.1. The van der Waals surface area contributed by atoms with Crippen LogP contribution in [0, 0.1) is 10.8 Å². The maximum atomic E-state index is 12.6. The second-order valence-corrected chi connectivity index (χ2v) is 9.12. The summed E-state index contributed by atoms with van der Waals surface area (Å²) in [5, 5.41) is 5.34. The average Bonchev–Trinajstić information content (AvgIpc) is 3.19. The van der Waals surface area contributed by atoms with Gasteiger partial charge < -0.3 is 10.1 Å². The van der Waals surface area contributed by atoms with Crippen LogP contribution in [0.4, 0.5) is 0 Å². The van der Waals surface area contributed by atoms with E-state index in [9.17, 15) is 4.79 Å². The Morgan fingerprint density at radius 2 is 2.30 bits per heavy atom. The van der Waals surface area contributed by atoms with Crippen molar-refractivity contribution in [3.8, 4) is 0 Å². The van der Waals surface area contributed by atoms with Gasteiger partial charge in [-0.05, 0) is 36.2 Å². The second-order valence-electron chi connectivity index (χ2n) is 8.15. The van der Waals surface area contributed by atoms with Crippen molar-refractivity contribution in [2.45, 2.75) is 39.7 Å². The normalized spacial score (nSPS) is 26.7. The lowest BCUT2D eigenvalue weighted by molar-refractivity contribution is -0.123. The van der Waals surface area contributed by atoms with E-state index in [1.165, 1.54) is 4.88 Å². The molecule has 5 heteroatoms. The number of carbonyl (C=O) groups is 1. The number of nitrogens with zero attached hydrogens (tertiary/aromatic N) is 1. The molecule has 0 aromatic carbocycles. The van der Waals surface area contributed by atoms with Gasteiger partial charge in [-0.25, -0.2) is 0 Å². The van der Waals surface area contributed by atoms with Gasteiger partial charge in [-0.1, -0.05) is 26.8 Å². The molecule has 3 heterocycles. The SMILES string of the molecule is CC(C)(C)[C@@H](NC(=O)CN1CC[C@@]2(CCOC2)C1)c1cccs1. The average molecular weight is 337 g/mol. The van der Waals surface area contributed by atoms with Gasteiger partial charge in [-0.3, -0.25) is 9.69 Å². The van der Waals surface area contributed by atoms with E-state index in [-0.39, 0.29) is 17.4 Å². The highest BCUT2D eigenvalue weighted by molar-refractivity contribution is 7.10. The summed E-state index contributed by atoms with van der Waals surface area (Å²) in [6, 6.07) is 4.23. The van der Waals surface area contributed by atoms with E-state index in [1.807, 2.05) is 0 Å². The Hall–Kier alpha value is -0.910. The number of carbonyl (C=O) groups excluding carboxylic acids is 1. The molecule has 0 bridgehead atoms. The van der Waals surface area contributed by atoms with Gasteiger partial charge >= 0.3 is 0 Å². The molecule has 2 fully saturated rings. The molecule has 1 N–H and O–H groups in total. The number of thiophene rings is 1. The quantitative estimate of drug-likeness (QED) is 0.919. The van der Waals surface area contributed by atoms with Gasteiger partial charge in [-0.2, -0.15) is 0 Å². The lowest BCUT2D eigenvalue weighted by Gasteiger charge is -2.31. The Morgan fingerprint density at radius 1 is 1.48 bits per heavy atom. The lowest BCUT2D eigenvalue weighted by atomic mass is 9.85. The minimum Gasteiger partial charge on any atom is -0.381 e. The topological polar surface area (TPSA) is 41.6 Å². The number of hydrogen-bond acceptors (Lipinski definition) is 4. The molecular weight excluding hydrogens is 308 g/mol.